The predicted molar refractivity (Wildman–Crippen MR) is 120 cm³/mol. The first-order chi connectivity index (χ1) is 14.6. The zero-order valence-corrected chi connectivity index (χ0v) is 18.7. The fourth-order valence-corrected chi connectivity index (χ4v) is 4.72. The van der Waals surface area contributed by atoms with E-state index in [1.165, 1.54) is 10.4 Å². The van der Waals surface area contributed by atoms with Crippen LogP contribution in [0, 0.1) is 6.92 Å². The molecule has 0 N–H and O–H groups in total. The van der Waals surface area contributed by atoms with Crippen LogP contribution >= 0.6 is 11.3 Å². The molecule has 158 valence electrons. The van der Waals surface area contributed by atoms with Gasteiger partial charge >= 0.3 is 0 Å². The number of nitrogens with zero attached hydrogens (tertiary/aromatic N) is 1. The average Bonchev–Trinajstić information content (AvgIpc) is 3.05. The van der Waals surface area contributed by atoms with Crippen LogP contribution in [0.5, 0.6) is 23.0 Å². The van der Waals surface area contributed by atoms with Gasteiger partial charge in [-0.15, -0.1) is 11.3 Å². The number of rotatable bonds is 6. The zero-order valence-electron chi connectivity index (χ0n) is 17.9. The van der Waals surface area contributed by atoms with Crippen LogP contribution < -0.4 is 18.9 Å². The quantitative estimate of drug-likeness (QED) is 0.547. The molecule has 1 aliphatic heterocycles. The minimum Gasteiger partial charge on any atom is -0.493 e. The van der Waals surface area contributed by atoms with Crippen molar-refractivity contribution in [1.82, 2.24) is 4.90 Å². The van der Waals surface area contributed by atoms with E-state index >= 15 is 0 Å². The summed E-state index contributed by atoms with van der Waals surface area (Å²) in [4.78, 5) is 3.84. The summed E-state index contributed by atoms with van der Waals surface area (Å²) in [7, 11) is 4.98. The van der Waals surface area contributed by atoms with Gasteiger partial charge in [-0.05, 0) is 59.3 Å². The Morgan fingerprint density at radius 3 is 2.40 bits per heavy atom. The fraction of sp³-hybridized carbons (Fsp3) is 0.333. The second-order valence-electron chi connectivity index (χ2n) is 7.32. The molecule has 6 heteroatoms. The highest BCUT2D eigenvalue weighted by molar-refractivity contribution is 7.10. The first kappa shape index (κ1) is 20.6. The van der Waals surface area contributed by atoms with E-state index in [0.717, 1.165) is 47.8 Å². The van der Waals surface area contributed by atoms with E-state index in [4.69, 9.17) is 18.9 Å². The van der Waals surface area contributed by atoms with Crippen molar-refractivity contribution in [2.45, 2.75) is 20.0 Å². The molecule has 0 saturated heterocycles. The van der Waals surface area contributed by atoms with Gasteiger partial charge in [-0.2, -0.15) is 0 Å². The Morgan fingerprint density at radius 2 is 1.70 bits per heavy atom. The minimum atomic E-state index is 0.642. The van der Waals surface area contributed by atoms with Gasteiger partial charge in [0.05, 0.1) is 21.3 Å². The van der Waals surface area contributed by atoms with Gasteiger partial charge in [-0.1, -0.05) is 6.07 Å². The molecule has 0 radical (unpaired) electrons. The number of aryl methyl sites for hydroxylation is 1. The molecule has 1 aromatic heterocycles. The van der Waals surface area contributed by atoms with E-state index in [1.54, 1.807) is 21.3 Å². The van der Waals surface area contributed by atoms with E-state index in [0.29, 0.717) is 18.1 Å². The first-order valence-electron chi connectivity index (χ1n) is 9.94. The smallest absolute Gasteiger partial charge is 0.165 e. The number of hydrogen-bond donors (Lipinski definition) is 0. The van der Waals surface area contributed by atoms with Gasteiger partial charge < -0.3 is 18.9 Å². The molecular formula is C24H27NO4S. The van der Waals surface area contributed by atoms with Crippen LogP contribution in [-0.4, -0.2) is 39.4 Å². The number of thiophene rings is 1. The molecule has 0 saturated carbocycles. The van der Waals surface area contributed by atoms with Crippen LogP contribution in [-0.2, 0) is 13.1 Å². The summed E-state index contributed by atoms with van der Waals surface area (Å²) in [5.74, 6) is 3.01. The van der Waals surface area contributed by atoms with Crippen molar-refractivity contribution in [3.8, 4) is 34.1 Å². The lowest BCUT2D eigenvalue weighted by molar-refractivity contribution is 0.218. The molecule has 2 heterocycles. The topological polar surface area (TPSA) is 40.2 Å². The van der Waals surface area contributed by atoms with Gasteiger partial charge in [-0.25, -0.2) is 0 Å². The number of hydrogen-bond acceptors (Lipinski definition) is 6. The van der Waals surface area contributed by atoms with E-state index < -0.39 is 0 Å². The van der Waals surface area contributed by atoms with Gasteiger partial charge in [-0.3, -0.25) is 4.90 Å². The molecule has 4 rings (SSSR count). The predicted octanol–water partition coefficient (Wildman–Crippen LogP) is 5.14. The second kappa shape index (κ2) is 8.98. The van der Waals surface area contributed by atoms with E-state index in [9.17, 15) is 0 Å². The third-order valence-corrected chi connectivity index (χ3v) is 6.46. The summed E-state index contributed by atoms with van der Waals surface area (Å²) in [6.07, 6.45) is 0. The Morgan fingerprint density at radius 1 is 0.933 bits per heavy atom. The number of ether oxygens (including phenoxy) is 4. The van der Waals surface area contributed by atoms with Gasteiger partial charge in [0.25, 0.3) is 0 Å². The van der Waals surface area contributed by atoms with Crippen molar-refractivity contribution in [1.29, 1.82) is 0 Å². The summed E-state index contributed by atoms with van der Waals surface area (Å²) < 4.78 is 22.7. The standard InChI is InChI=1S/C24H27NO4S/c1-16-7-10-30-23(16)15-25-8-9-29-24-19(14-25)11-18(13-22(24)28-4)17-5-6-20(26-2)21(12-17)27-3/h5-7,10-13H,8-9,14-15H2,1-4H3. The Labute approximate surface area is 181 Å². The molecule has 1 aliphatic rings. The molecule has 3 aromatic rings. The highest BCUT2D eigenvalue weighted by Gasteiger charge is 2.21. The molecule has 0 amide bonds. The Hall–Kier alpha value is -2.70. The summed E-state index contributed by atoms with van der Waals surface area (Å²) in [6, 6.07) is 12.4. The van der Waals surface area contributed by atoms with Gasteiger partial charge in [0.15, 0.2) is 23.0 Å². The summed E-state index contributed by atoms with van der Waals surface area (Å²) in [5.41, 5.74) is 4.58. The Balaban J connectivity index is 1.70. The third kappa shape index (κ3) is 4.11. The molecule has 30 heavy (non-hydrogen) atoms. The average molecular weight is 426 g/mol. The Bertz CT molecular complexity index is 1030. The van der Waals surface area contributed by atoms with E-state index in [-0.39, 0.29) is 0 Å². The third-order valence-electron chi connectivity index (χ3n) is 5.45. The lowest BCUT2D eigenvalue weighted by Gasteiger charge is -2.19. The zero-order chi connectivity index (χ0) is 21.1. The fourth-order valence-electron chi connectivity index (χ4n) is 3.78. The molecule has 0 unspecified atom stereocenters. The van der Waals surface area contributed by atoms with Crippen molar-refractivity contribution >= 4 is 11.3 Å². The maximum atomic E-state index is 6.11. The highest BCUT2D eigenvalue weighted by Crippen LogP contribution is 2.40. The van der Waals surface area contributed by atoms with Crippen LogP contribution in [0.1, 0.15) is 16.0 Å². The van der Waals surface area contributed by atoms with Crippen LogP contribution in [0.4, 0.5) is 0 Å². The van der Waals surface area contributed by atoms with Crippen LogP contribution in [0.25, 0.3) is 11.1 Å². The monoisotopic (exact) mass is 425 g/mol. The van der Waals surface area contributed by atoms with Crippen molar-refractivity contribution in [3.05, 3.63) is 57.8 Å². The van der Waals surface area contributed by atoms with Crippen LogP contribution in [0.2, 0.25) is 0 Å². The summed E-state index contributed by atoms with van der Waals surface area (Å²) in [5, 5.41) is 2.16. The van der Waals surface area contributed by atoms with Crippen molar-refractivity contribution < 1.29 is 18.9 Å². The van der Waals surface area contributed by atoms with Crippen molar-refractivity contribution in [2.24, 2.45) is 0 Å². The van der Waals surface area contributed by atoms with Gasteiger partial charge in [0.1, 0.15) is 6.61 Å². The molecule has 0 atom stereocenters. The van der Waals surface area contributed by atoms with Crippen molar-refractivity contribution in [2.75, 3.05) is 34.5 Å². The van der Waals surface area contributed by atoms with Gasteiger partial charge in [0, 0.05) is 30.1 Å². The number of methoxy groups -OCH3 is 3. The van der Waals surface area contributed by atoms with Gasteiger partial charge in [0.2, 0.25) is 0 Å². The molecule has 0 bridgehead atoms. The van der Waals surface area contributed by atoms with E-state index in [2.05, 4.69) is 29.3 Å². The lowest BCUT2D eigenvalue weighted by atomic mass is 10.0. The molecule has 0 aliphatic carbocycles. The molecule has 5 nitrogen and oxygen atoms in total. The second-order valence-corrected chi connectivity index (χ2v) is 8.32. The summed E-state index contributed by atoms with van der Waals surface area (Å²) >= 11 is 1.81. The SMILES string of the molecule is COc1ccc(-c2cc3c(c(OC)c2)OCCN(Cc2sccc2C)C3)cc1OC. The van der Waals surface area contributed by atoms with Crippen LogP contribution in [0.3, 0.4) is 0 Å². The minimum absolute atomic E-state index is 0.642. The van der Waals surface area contributed by atoms with Crippen LogP contribution in [0.15, 0.2) is 41.8 Å². The molecular weight excluding hydrogens is 398 g/mol. The normalized spacial score (nSPS) is 13.9. The number of benzene rings is 2. The first-order valence-corrected chi connectivity index (χ1v) is 10.8. The summed E-state index contributed by atoms with van der Waals surface area (Å²) in [6.45, 7) is 5.43. The number of fused-ring (bicyclic) bond motifs is 1. The maximum absolute atomic E-state index is 6.11. The Kier molecular flexibility index (Phi) is 6.16. The van der Waals surface area contributed by atoms with E-state index in [1.807, 2.05) is 35.6 Å². The van der Waals surface area contributed by atoms with Crippen molar-refractivity contribution in [3.63, 3.8) is 0 Å². The molecule has 0 spiro atoms. The molecule has 2 aromatic carbocycles. The lowest BCUT2D eigenvalue weighted by Crippen LogP contribution is -2.25. The largest absolute Gasteiger partial charge is 0.493 e. The maximum Gasteiger partial charge on any atom is 0.165 e. The highest BCUT2D eigenvalue weighted by atomic mass is 32.1. The molecule has 0 fully saturated rings.